The molecule has 2 aromatic carbocycles. The van der Waals surface area contributed by atoms with Crippen molar-refractivity contribution in [3.63, 3.8) is 0 Å². The highest BCUT2D eigenvalue weighted by Gasteiger charge is 2.00. The van der Waals surface area contributed by atoms with Gasteiger partial charge in [-0.2, -0.15) is 0 Å². The first-order chi connectivity index (χ1) is 9.90. The molecular formula is C17H21NOS. The van der Waals surface area contributed by atoms with Crippen LogP contribution in [0.5, 0.6) is 5.75 Å². The molecule has 0 radical (unpaired) electrons. The van der Waals surface area contributed by atoms with Gasteiger partial charge in [-0.25, -0.2) is 0 Å². The summed E-state index contributed by atoms with van der Waals surface area (Å²) in [5.74, 6) is 2.07. The molecule has 0 aliphatic rings. The van der Waals surface area contributed by atoms with E-state index in [4.69, 9.17) is 4.74 Å². The number of para-hydroxylation sites is 1. The number of thioether (sulfide) groups is 1. The zero-order valence-electron chi connectivity index (χ0n) is 11.8. The van der Waals surface area contributed by atoms with E-state index in [0.717, 1.165) is 31.0 Å². The average molecular weight is 287 g/mol. The molecule has 106 valence electrons. The number of hydrogen-bond acceptors (Lipinski definition) is 3. The van der Waals surface area contributed by atoms with Crippen LogP contribution in [0.2, 0.25) is 0 Å². The quantitative estimate of drug-likeness (QED) is 0.592. The van der Waals surface area contributed by atoms with Gasteiger partial charge in [0.15, 0.2) is 0 Å². The fourth-order valence-electron chi connectivity index (χ4n) is 2.02. The predicted octanol–water partition coefficient (Wildman–Crippen LogP) is 3.62. The molecule has 0 spiro atoms. The third kappa shape index (κ3) is 4.91. The van der Waals surface area contributed by atoms with Crippen LogP contribution < -0.4 is 10.1 Å². The Morgan fingerprint density at radius 2 is 1.70 bits per heavy atom. The lowest BCUT2D eigenvalue weighted by molar-refractivity contribution is 0.409. The third-order valence-electron chi connectivity index (χ3n) is 3.05. The van der Waals surface area contributed by atoms with Crippen LogP contribution in [-0.4, -0.2) is 26.0 Å². The molecule has 0 aliphatic carbocycles. The Bertz CT molecular complexity index is 501. The molecule has 1 N–H and O–H groups in total. The lowest BCUT2D eigenvalue weighted by Crippen LogP contribution is -2.20. The molecule has 0 fully saturated rings. The highest BCUT2D eigenvalue weighted by Crippen LogP contribution is 2.17. The van der Waals surface area contributed by atoms with Gasteiger partial charge < -0.3 is 10.1 Å². The van der Waals surface area contributed by atoms with E-state index < -0.39 is 0 Å². The summed E-state index contributed by atoms with van der Waals surface area (Å²) >= 11 is 1.89. The van der Waals surface area contributed by atoms with Gasteiger partial charge in [-0.05, 0) is 36.7 Å². The molecule has 0 atom stereocenters. The highest BCUT2D eigenvalue weighted by atomic mass is 32.2. The number of hydrogen-bond donors (Lipinski definition) is 1. The van der Waals surface area contributed by atoms with Gasteiger partial charge >= 0.3 is 0 Å². The van der Waals surface area contributed by atoms with Crippen LogP contribution in [0.15, 0.2) is 59.5 Å². The summed E-state index contributed by atoms with van der Waals surface area (Å²) in [6.07, 6.45) is 1.00. The lowest BCUT2D eigenvalue weighted by atomic mass is 10.1. The van der Waals surface area contributed by atoms with Crippen LogP contribution in [0.3, 0.4) is 0 Å². The molecule has 3 heteroatoms. The maximum absolute atomic E-state index is 5.35. The van der Waals surface area contributed by atoms with E-state index >= 15 is 0 Å². The molecule has 0 heterocycles. The maximum atomic E-state index is 5.35. The summed E-state index contributed by atoms with van der Waals surface area (Å²) in [6.45, 7) is 2.00. The van der Waals surface area contributed by atoms with Crippen molar-refractivity contribution in [2.45, 2.75) is 11.3 Å². The van der Waals surface area contributed by atoms with E-state index in [1.165, 1.54) is 10.5 Å². The van der Waals surface area contributed by atoms with Crippen LogP contribution in [0.4, 0.5) is 0 Å². The Morgan fingerprint density at radius 1 is 0.950 bits per heavy atom. The van der Waals surface area contributed by atoms with E-state index in [-0.39, 0.29) is 0 Å². The molecule has 2 rings (SSSR count). The monoisotopic (exact) mass is 287 g/mol. The highest BCUT2D eigenvalue weighted by molar-refractivity contribution is 7.99. The van der Waals surface area contributed by atoms with E-state index in [0.29, 0.717) is 0 Å². The standard InChI is InChI=1S/C17H21NOS/c1-19-17-10-6-5-7-15(17)11-12-18-13-14-20-16-8-3-2-4-9-16/h2-10,18H,11-14H2,1H3. The van der Waals surface area contributed by atoms with E-state index in [2.05, 4.69) is 47.8 Å². The van der Waals surface area contributed by atoms with Gasteiger partial charge in [0.2, 0.25) is 0 Å². The summed E-state index contributed by atoms with van der Waals surface area (Å²) in [7, 11) is 1.72. The summed E-state index contributed by atoms with van der Waals surface area (Å²) in [5.41, 5.74) is 1.26. The minimum absolute atomic E-state index is 0.980. The molecule has 20 heavy (non-hydrogen) atoms. The summed E-state index contributed by atoms with van der Waals surface area (Å²) in [4.78, 5) is 1.33. The second-order valence-corrected chi connectivity index (χ2v) is 5.64. The second-order valence-electron chi connectivity index (χ2n) is 4.47. The number of benzene rings is 2. The van der Waals surface area contributed by atoms with Crippen molar-refractivity contribution >= 4 is 11.8 Å². The Morgan fingerprint density at radius 3 is 2.50 bits per heavy atom. The molecule has 0 unspecified atom stereocenters. The van der Waals surface area contributed by atoms with Crippen molar-refractivity contribution in [3.05, 3.63) is 60.2 Å². The number of methoxy groups -OCH3 is 1. The minimum atomic E-state index is 0.980. The Hall–Kier alpha value is -1.45. The largest absolute Gasteiger partial charge is 0.496 e. The van der Waals surface area contributed by atoms with Crippen molar-refractivity contribution in [1.29, 1.82) is 0 Å². The fourth-order valence-corrected chi connectivity index (χ4v) is 2.85. The lowest BCUT2D eigenvalue weighted by Gasteiger charge is -2.09. The average Bonchev–Trinajstić information content (AvgIpc) is 2.52. The predicted molar refractivity (Wildman–Crippen MR) is 86.7 cm³/mol. The molecule has 0 saturated carbocycles. The van der Waals surface area contributed by atoms with Crippen molar-refractivity contribution in [1.82, 2.24) is 5.32 Å². The van der Waals surface area contributed by atoms with E-state index in [9.17, 15) is 0 Å². The first-order valence-electron chi connectivity index (χ1n) is 6.90. The fraction of sp³-hybridized carbons (Fsp3) is 0.294. The Kier molecular flexibility index (Phi) is 6.48. The van der Waals surface area contributed by atoms with E-state index in [1.807, 2.05) is 23.9 Å². The zero-order valence-corrected chi connectivity index (χ0v) is 12.7. The number of ether oxygens (including phenoxy) is 1. The topological polar surface area (TPSA) is 21.3 Å². The van der Waals surface area contributed by atoms with Gasteiger partial charge in [0.05, 0.1) is 7.11 Å². The van der Waals surface area contributed by atoms with Crippen molar-refractivity contribution < 1.29 is 4.74 Å². The SMILES string of the molecule is COc1ccccc1CCNCCSc1ccccc1. The van der Waals surface area contributed by atoms with Crippen LogP contribution >= 0.6 is 11.8 Å². The smallest absolute Gasteiger partial charge is 0.122 e. The van der Waals surface area contributed by atoms with Gasteiger partial charge in [-0.3, -0.25) is 0 Å². The first kappa shape index (κ1) is 14.9. The summed E-state index contributed by atoms with van der Waals surface area (Å²) in [5, 5.41) is 3.48. The molecule has 0 saturated heterocycles. The van der Waals surface area contributed by atoms with Crippen molar-refractivity contribution in [3.8, 4) is 5.75 Å². The minimum Gasteiger partial charge on any atom is -0.496 e. The van der Waals surface area contributed by atoms with Crippen LogP contribution in [0, 0.1) is 0 Å². The Balaban J connectivity index is 1.62. The molecule has 2 nitrogen and oxygen atoms in total. The summed E-state index contributed by atoms with van der Waals surface area (Å²) in [6, 6.07) is 18.7. The molecule has 0 bridgehead atoms. The first-order valence-corrected chi connectivity index (χ1v) is 7.89. The summed E-state index contributed by atoms with van der Waals surface area (Å²) < 4.78 is 5.35. The Labute approximate surface area is 125 Å². The molecule has 0 amide bonds. The van der Waals surface area contributed by atoms with Gasteiger partial charge in [-0.1, -0.05) is 36.4 Å². The maximum Gasteiger partial charge on any atom is 0.122 e. The molecule has 2 aromatic rings. The van der Waals surface area contributed by atoms with Crippen molar-refractivity contribution in [2.24, 2.45) is 0 Å². The van der Waals surface area contributed by atoms with Crippen LogP contribution in [-0.2, 0) is 6.42 Å². The van der Waals surface area contributed by atoms with E-state index in [1.54, 1.807) is 7.11 Å². The van der Waals surface area contributed by atoms with Gasteiger partial charge in [-0.15, -0.1) is 11.8 Å². The number of nitrogens with one attached hydrogen (secondary N) is 1. The zero-order chi connectivity index (χ0) is 14.0. The molecule has 0 aliphatic heterocycles. The number of rotatable bonds is 8. The van der Waals surface area contributed by atoms with Crippen LogP contribution in [0.25, 0.3) is 0 Å². The third-order valence-corrected chi connectivity index (χ3v) is 4.07. The van der Waals surface area contributed by atoms with Gasteiger partial charge in [0.1, 0.15) is 5.75 Å². The van der Waals surface area contributed by atoms with Gasteiger partial charge in [0.25, 0.3) is 0 Å². The normalized spacial score (nSPS) is 10.4. The molecule has 0 aromatic heterocycles. The van der Waals surface area contributed by atoms with Crippen molar-refractivity contribution in [2.75, 3.05) is 26.0 Å². The van der Waals surface area contributed by atoms with Gasteiger partial charge in [0, 0.05) is 17.2 Å². The molecular weight excluding hydrogens is 266 g/mol. The second kappa shape index (κ2) is 8.67. The van der Waals surface area contributed by atoms with Crippen LogP contribution in [0.1, 0.15) is 5.56 Å².